The smallest absolute Gasteiger partial charge is 0.224 e. The molecule has 0 aromatic heterocycles. The minimum atomic E-state index is -0.221. The van der Waals surface area contributed by atoms with Crippen LogP contribution in [-0.4, -0.2) is 26.7 Å². The van der Waals surface area contributed by atoms with E-state index >= 15 is 0 Å². The lowest BCUT2D eigenvalue weighted by Gasteiger charge is -2.17. The van der Waals surface area contributed by atoms with Crippen molar-refractivity contribution in [3.8, 4) is 5.75 Å². The second kappa shape index (κ2) is 8.50. The van der Waals surface area contributed by atoms with Gasteiger partial charge in [-0.15, -0.1) is 0 Å². The molecule has 0 aliphatic rings. The van der Waals surface area contributed by atoms with E-state index in [4.69, 9.17) is 9.47 Å². The summed E-state index contributed by atoms with van der Waals surface area (Å²) in [5, 5.41) is 5.23. The van der Waals surface area contributed by atoms with Gasteiger partial charge in [-0.2, -0.15) is 0 Å². The van der Waals surface area contributed by atoms with Gasteiger partial charge in [0.05, 0.1) is 19.6 Å². The van der Waals surface area contributed by atoms with E-state index in [1.807, 2.05) is 54.6 Å². The van der Waals surface area contributed by atoms with Crippen molar-refractivity contribution in [3.05, 3.63) is 77.9 Å². The normalized spacial score (nSPS) is 11.9. The summed E-state index contributed by atoms with van der Waals surface area (Å²) in [5.41, 5.74) is 1.99. The van der Waals surface area contributed by atoms with Crippen molar-refractivity contribution in [1.82, 2.24) is 5.32 Å². The first-order chi connectivity index (χ1) is 12.7. The van der Waals surface area contributed by atoms with E-state index in [0.717, 1.165) is 27.6 Å². The molecular formula is C22H23NO3. The highest BCUT2D eigenvalue weighted by atomic mass is 16.5. The molecule has 0 saturated heterocycles. The van der Waals surface area contributed by atoms with Crippen LogP contribution in [0.15, 0.2) is 66.7 Å². The number of nitrogens with one attached hydrogen (secondary N) is 1. The zero-order valence-electron chi connectivity index (χ0n) is 15.1. The number of carbonyl (C=O) groups is 1. The number of fused-ring (bicyclic) bond motifs is 1. The Balaban J connectivity index is 1.65. The van der Waals surface area contributed by atoms with Crippen LogP contribution in [0.5, 0.6) is 5.75 Å². The molecule has 4 nitrogen and oxygen atoms in total. The van der Waals surface area contributed by atoms with E-state index in [0.29, 0.717) is 13.0 Å². The van der Waals surface area contributed by atoms with Gasteiger partial charge < -0.3 is 14.8 Å². The standard InChI is InChI=1S/C22H23NO3/c1-25-19-11-6-10-18(13-19)21(26-2)15-23-22(24)14-17-9-5-8-16-7-3-4-12-20(16)17/h3-13,21H,14-15H2,1-2H3,(H,23,24). The maximum absolute atomic E-state index is 12.4. The second-order valence-corrected chi connectivity index (χ2v) is 6.12. The van der Waals surface area contributed by atoms with Crippen molar-refractivity contribution >= 4 is 16.7 Å². The van der Waals surface area contributed by atoms with Crippen molar-refractivity contribution in [1.29, 1.82) is 0 Å². The SMILES string of the molecule is COc1cccc(C(CNC(=O)Cc2cccc3ccccc23)OC)c1. The van der Waals surface area contributed by atoms with Crippen LogP contribution in [0.1, 0.15) is 17.2 Å². The Kier molecular flexibility index (Phi) is 5.87. The molecule has 1 atom stereocenters. The topological polar surface area (TPSA) is 47.6 Å². The van der Waals surface area contributed by atoms with E-state index < -0.39 is 0 Å². The van der Waals surface area contributed by atoms with E-state index in [1.165, 1.54) is 0 Å². The van der Waals surface area contributed by atoms with Gasteiger partial charge in [-0.05, 0) is 34.0 Å². The summed E-state index contributed by atoms with van der Waals surface area (Å²) in [6.45, 7) is 0.410. The Labute approximate surface area is 153 Å². The Bertz CT molecular complexity index is 886. The lowest BCUT2D eigenvalue weighted by Crippen LogP contribution is -2.30. The molecule has 0 heterocycles. The van der Waals surface area contributed by atoms with E-state index in [9.17, 15) is 4.79 Å². The fourth-order valence-corrected chi connectivity index (χ4v) is 3.07. The van der Waals surface area contributed by atoms with Gasteiger partial charge in [0.1, 0.15) is 5.75 Å². The van der Waals surface area contributed by atoms with Gasteiger partial charge in [-0.25, -0.2) is 0 Å². The number of ether oxygens (including phenoxy) is 2. The van der Waals surface area contributed by atoms with Gasteiger partial charge >= 0.3 is 0 Å². The van der Waals surface area contributed by atoms with Gasteiger partial charge in [0.25, 0.3) is 0 Å². The third kappa shape index (κ3) is 4.21. The van der Waals surface area contributed by atoms with Crippen molar-refractivity contribution < 1.29 is 14.3 Å². The first-order valence-electron chi connectivity index (χ1n) is 8.61. The minimum absolute atomic E-state index is 0.0219. The fourth-order valence-electron chi connectivity index (χ4n) is 3.07. The molecule has 26 heavy (non-hydrogen) atoms. The Morgan fingerprint density at radius 3 is 2.58 bits per heavy atom. The molecule has 1 N–H and O–H groups in total. The van der Waals surface area contributed by atoms with E-state index in [-0.39, 0.29) is 12.0 Å². The number of carbonyl (C=O) groups excluding carboxylic acids is 1. The molecule has 0 bridgehead atoms. The molecule has 0 aliphatic carbocycles. The summed E-state index contributed by atoms with van der Waals surface area (Å²) in [5.74, 6) is 0.748. The highest BCUT2D eigenvalue weighted by Crippen LogP contribution is 2.21. The van der Waals surface area contributed by atoms with Gasteiger partial charge in [-0.1, -0.05) is 54.6 Å². The third-order valence-corrected chi connectivity index (χ3v) is 4.47. The van der Waals surface area contributed by atoms with Crippen LogP contribution in [0.4, 0.5) is 0 Å². The molecule has 0 spiro atoms. The highest BCUT2D eigenvalue weighted by Gasteiger charge is 2.14. The predicted molar refractivity (Wildman–Crippen MR) is 103 cm³/mol. The van der Waals surface area contributed by atoms with Crippen LogP contribution < -0.4 is 10.1 Å². The Morgan fingerprint density at radius 1 is 1.00 bits per heavy atom. The van der Waals surface area contributed by atoms with Gasteiger partial charge in [0.2, 0.25) is 5.91 Å². The average molecular weight is 349 g/mol. The van der Waals surface area contributed by atoms with Crippen LogP contribution in [-0.2, 0) is 16.0 Å². The first-order valence-corrected chi connectivity index (χ1v) is 8.61. The van der Waals surface area contributed by atoms with Gasteiger partial charge in [0, 0.05) is 13.7 Å². The lowest BCUT2D eigenvalue weighted by molar-refractivity contribution is -0.121. The number of rotatable bonds is 7. The number of hydrogen-bond donors (Lipinski definition) is 1. The molecular weight excluding hydrogens is 326 g/mol. The summed E-state index contributed by atoms with van der Waals surface area (Å²) in [6, 6.07) is 21.8. The van der Waals surface area contributed by atoms with E-state index in [1.54, 1.807) is 14.2 Å². The van der Waals surface area contributed by atoms with E-state index in [2.05, 4.69) is 17.4 Å². The zero-order valence-corrected chi connectivity index (χ0v) is 15.1. The highest BCUT2D eigenvalue weighted by molar-refractivity contribution is 5.90. The molecule has 3 aromatic rings. The molecule has 3 aromatic carbocycles. The van der Waals surface area contributed by atoms with Crippen LogP contribution in [0.25, 0.3) is 10.8 Å². The molecule has 1 unspecified atom stereocenters. The second-order valence-electron chi connectivity index (χ2n) is 6.12. The average Bonchev–Trinajstić information content (AvgIpc) is 2.69. The third-order valence-electron chi connectivity index (χ3n) is 4.47. The van der Waals surface area contributed by atoms with Crippen LogP contribution in [0, 0.1) is 0 Å². The van der Waals surface area contributed by atoms with Crippen molar-refractivity contribution in [2.45, 2.75) is 12.5 Å². The molecule has 4 heteroatoms. The Morgan fingerprint density at radius 2 is 1.77 bits per heavy atom. The monoisotopic (exact) mass is 349 g/mol. The molecule has 0 fully saturated rings. The van der Waals surface area contributed by atoms with Crippen LogP contribution in [0.3, 0.4) is 0 Å². The lowest BCUT2D eigenvalue weighted by atomic mass is 10.0. The summed E-state index contributed by atoms with van der Waals surface area (Å²) < 4.78 is 10.8. The number of benzene rings is 3. The van der Waals surface area contributed by atoms with Crippen LogP contribution >= 0.6 is 0 Å². The molecule has 3 rings (SSSR count). The fraction of sp³-hybridized carbons (Fsp3) is 0.227. The molecule has 0 aliphatic heterocycles. The number of methoxy groups -OCH3 is 2. The molecule has 0 saturated carbocycles. The maximum Gasteiger partial charge on any atom is 0.224 e. The van der Waals surface area contributed by atoms with Crippen molar-refractivity contribution in [2.24, 2.45) is 0 Å². The first kappa shape index (κ1) is 18.0. The molecule has 0 radical (unpaired) electrons. The van der Waals surface area contributed by atoms with Gasteiger partial charge in [-0.3, -0.25) is 4.79 Å². The maximum atomic E-state index is 12.4. The van der Waals surface area contributed by atoms with Crippen molar-refractivity contribution in [2.75, 3.05) is 20.8 Å². The molecule has 134 valence electrons. The predicted octanol–water partition coefficient (Wildman–Crippen LogP) is 3.89. The van der Waals surface area contributed by atoms with Crippen LogP contribution in [0.2, 0.25) is 0 Å². The summed E-state index contributed by atoms with van der Waals surface area (Å²) in [7, 11) is 3.27. The number of amides is 1. The largest absolute Gasteiger partial charge is 0.497 e. The number of hydrogen-bond acceptors (Lipinski definition) is 3. The summed E-state index contributed by atoms with van der Waals surface area (Å²) in [4.78, 5) is 12.4. The Hall–Kier alpha value is -2.85. The summed E-state index contributed by atoms with van der Waals surface area (Å²) in [6.07, 6.45) is 0.122. The quantitative estimate of drug-likeness (QED) is 0.704. The summed E-state index contributed by atoms with van der Waals surface area (Å²) >= 11 is 0. The zero-order chi connectivity index (χ0) is 18.4. The van der Waals surface area contributed by atoms with Crippen molar-refractivity contribution in [3.63, 3.8) is 0 Å². The molecule has 1 amide bonds. The minimum Gasteiger partial charge on any atom is -0.497 e. The van der Waals surface area contributed by atoms with Gasteiger partial charge in [0.15, 0.2) is 0 Å².